The first kappa shape index (κ1) is 15.5. The molecule has 1 aromatic carbocycles. The Labute approximate surface area is 115 Å². The van der Waals surface area contributed by atoms with Crippen LogP contribution in [-0.2, 0) is 4.79 Å². The number of hydrogen-bond acceptors (Lipinski definition) is 3. The molecule has 19 heavy (non-hydrogen) atoms. The quantitative estimate of drug-likeness (QED) is 0.674. The van der Waals surface area contributed by atoms with Gasteiger partial charge in [0.05, 0.1) is 13.2 Å². The summed E-state index contributed by atoms with van der Waals surface area (Å²) in [5.41, 5.74) is 0.795. The zero-order valence-electron chi connectivity index (χ0n) is 11.9. The molecule has 0 bridgehead atoms. The molecule has 0 heterocycles. The Morgan fingerprint density at radius 2 is 1.89 bits per heavy atom. The van der Waals surface area contributed by atoms with Crippen molar-refractivity contribution in [2.24, 2.45) is 0 Å². The molecule has 0 radical (unpaired) electrons. The highest BCUT2D eigenvalue weighted by Crippen LogP contribution is 2.15. The van der Waals surface area contributed by atoms with Crippen molar-refractivity contribution in [1.82, 2.24) is 5.32 Å². The highest BCUT2D eigenvalue weighted by molar-refractivity contribution is 5.92. The van der Waals surface area contributed by atoms with E-state index in [0.717, 1.165) is 24.4 Å². The van der Waals surface area contributed by atoms with Gasteiger partial charge in [-0.1, -0.05) is 19.8 Å². The molecule has 0 spiro atoms. The predicted molar refractivity (Wildman–Crippen MR) is 78.6 cm³/mol. The Kier molecular flexibility index (Phi) is 7.66. The number of carbonyl (C=O) groups excluding carboxylic acids is 1. The summed E-state index contributed by atoms with van der Waals surface area (Å²) in [4.78, 5) is 11.7. The van der Waals surface area contributed by atoms with Gasteiger partial charge in [-0.25, -0.2) is 0 Å². The molecule has 0 aromatic heterocycles. The molecule has 1 rings (SSSR count). The lowest BCUT2D eigenvalue weighted by Crippen LogP contribution is -2.28. The second-order valence-electron chi connectivity index (χ2n) is 4.39. The predicted octanol–water partition coefficient (Wildman–Crippen LogP) is 2.80. The number of anilines is 1. The van der Waals surface area contributed by atoms with Crippen LogP contribution in [0.15, 0.2) is 24.3 Å². The summed E-state index contributed by atoms with van der Waals surface area (Å²) in [5.74, 6) is 0.804. The van der Waals surface area contributed by atoms with Crippen LogP contribution in [0, 0.1) is 0 Å². The largest absolute Gasteiger partial charge is 0.494 e. The van der Waals surface area contributed by atoms with Crippen LogP contribution in [0.4, 0.5) is 5.69 Å². The Morgan fingerprint density at radius 1 is 1.16 bits per heavy atom. The molecule has 0 fully saturated rings. The van der Waals surface area contributed by atoms with Gasteiger partial charge < -0.3 is 15.4 Å². The maximum Gasteiger partial charge on any atom is 0.238 e. The monoisotopic (exact) mass is 264 g/mol. The summed E-state index contributed by atoms with van der Waals surface area (Å²) in [6.07, 6.45) is 3.51. The number of benzene rings is 1. The molecule has 1 aromatic rings. The van der Waals surface area contributed by atoms with Gasteiger partial charge >= 0.3 is 0 Å². The van der Waals surface area contributed by atoms with Crippen LogP contribution >= 0.6 is 0 Å². The second kappa shape index (κ2) is 9.39. The molecule has 0 unspecified atom stereocenters. The Hall–Kier alpha value is -1.55. The first-order valence-corrected chi connectivity index (χ1v) is 6.99. The average Bonchev–Trinajstić information content (AvgIpc) is 2.41. The molecule has 0 saturated carbocycles. The van der Waals surface area contributed by atoms with Gasteiger partial charge in [-0.05, 0) is 44.2 Å². The van der Waals surface area contributed by atoms with Crippen molar-refractivity contribution in [2.75, 3.05) is 25.0 Å². The molecule has 0 atom stereocenters. The van der Waals surface area contributed by atoms with Crippen molar-refractivity contribution in [3.05, 3.63) is 24.3 Å². The number of ether oxygens (including phenoxy) is 1. The first-order valence-electron chi connectivity index (χ1n) is 6.99. The van der Waals surface area contributed by atoms with Crippen LogP contribution < -0.4 is 15.4 Å². The molecule has 4 nitrogen and oxygen atoms in total. The lowest BCUT2D eigenvalue weighted by atomic mass is 10.2. The fourth-order valence-electron chi connectivity index (χ4n) is 1.71. The minimum atomic E-state index is -0.0133. The van der Waals surface area contributed by atoms with E-state index < -0.39 is 0 Å². The van der Waals surface area contributed by atoms with Crippen LogP contribution in [0.1, 0.15) is 33.1 Å². The van der Waals surface area contributed by atoms with Crippen LogP contribution in [-0.4, -0.2) is 25.6 Å². The van der Waals surface area contributed by atoms with Crippen molar-refractivity contribution in [3.63, 3.8) is 0 Å². The number of nitrogens with one attached hydrogen (secondary N) is 2. The van der Waals surface area contributed by atoms with E-state index in [1.165, 1.54) is 12.8 Å². The highest BCUT2D eigenvalue weighted by Gasteiger charge is 2.01. The molecule has 0 aliphatic rings. The van der Waals surface area contributed by atoms with E-state index in [0.29, 0.717) is 13.2 Å². The van der Waals surface area contributed by atoms with Gasteiger partial charge in [0, 0.05) is 5.69 Å². The number of unbranched alkanes of at least 4 members (excludes halogenated alkanes) is 2. The molecule has 0 aliphatic heterocycles. The average molecular weight is 264 g/mol. The van der Waals surface area contributed by atoms with Crippen LogP contribution in [0.25, 0.3) is 0 Å². The Morgan fingerprint density at radius 3 is 2.53 bits per heavy atom. The summed E-state index contributed by atoms with van der Waals surface area (Å²) in [7, 11) is 0. The summed E-state index contributed by atoms with van der Waals surface area (Å²) in [6.45, 7) is 6.01. The number of rotatable bonds is 9. The lowest BCUT2D eigenvalue weighted by molar-refractivity contribution is -0.115. The molecule has 4 heteroatoms. The van der Waals surface area contributed by atoms with Gasteiger partial charge in [-0.3, -0.25) is 4.79 Å². The summed E-state index contributed by atoms with van der Waals surface area (Å²) in [5, 5.41) is 5.98. The van der Waals surface area contributed by atoms with Gasteiger partial charge in [-0.2, -0.15) is 0 Å². The smallest absolute Gasteiger partial charge is 0.238 e. The van der Waals surface area contributed by atoms with E-state index in [4.69, 9.17) is 4.74 Å². The maximum atomic E-state index is 11.7. The first-order chi connectivity index (χ1) is 9.26. The number of amides is 1. The lowest BCUT2D eigenvalue weighted by Gasteiger charge is -2.08. The number of hydrogen-bond donors (Lipinski definition) is 2. The molecule has 1 amide bonds. The fraction of sp³-hybridized carbons (Fsp3) is 0.533. The van der Waals surface area contributed by atoms with E-state index in [2.05, 4.69) is 17.6 Å². The van der Waals surface area contributed by atoms with Crippen molar-refractivity contribution < 1.29 is 9.53 Å². The summed E-state index contributed by atoms with van der Waals surface area (Å²) in [6, 6.07) is 7.40. The second-order valence-corrected chi connectivity index (χ2v) is 4.39. The summed E-state index contributed by atoms with van der Waals surface area (Å²) >= 11 is 0. The van der Waals surface area contributed by atoms with E-state index in [1.807, 2.05) is 31.2 Å². The van der Waals surface area contributed by atoms with Gasteiger partial charge in [-0.15, -0.1) is 0 Å². The third-order valence-electron chi connectivity index (χ3n) is 2.69. The Balaban J connectivity index is 2.24. The van der Waals surface area contributed by atoms with Gasteiger partial charge in [0.15, 0.2) is 0 Å². The van der Waals surface area contributed by atoms with Crippen molar-refractivity contribution in [1.29, 1.82) is 0 Å². The molecule has 2 N–H and O–H groups in total. The zero-order valence-corrected chi connectivity index (χ0v) is 11.9. The van der Waals surface area contributed by atoms with Crippen LogP contribution in [0.2, 0.25) is 0 Å². The standard InChI is InChI=1S/C15H24N2O2/c1-3-5-6-11-16-12-15(18)17-13-7-9-14(10-8-13)19-4-2/h7-10,16H,3-6,11-12H2,1-2H3,(H,17,18). The van der Waals surface area contributed by atoms with Crippen molar-refractivity contribution in [3.8, 4) is 5.75 Å². The van der Waals surface area contributed by atoms with E-state index >= 15 is 0 Å². The van der Waals surface area contributed by atoms with E-state index in [-0.39, 0.29) is 5.91 Å². The third kappa shape index (κ3) is 6.82. The van der Waals surface area contributed by atoms with Gasteiger partial charge in [0.25, 0.3) is 0 Å². The highest BCUT2D eigenvalue weighted by atomic mass is 16.5. The van der Waals surface area contributed by atoms with Crippen LogP contribution in [0.5, 0.6) is 5.75 Å². The maximum absolute atomic E-state index is 11.7. The van der Waals surface area contributed by atoms with Gasteiger partial charge in [0.2, 0.25) is 5.91 Å². The molecule has 0 saturated heterocycles. The minimum absolute atomic E-state index is 0.0133. The van der Waals surface area contributed by atoms with E-state index in [1.54, 1.807) is 0 Å². The van der Waals surface area contributed by atoms with Crippen molar-refractivity contribution >= 4 is 11.6 Å². The summed E-state index contributed by atoms with van der Waals surface area (Å²) < 4.78 is 5.34. The fourth-order valence-corrected chi connectivity index (χ4v) is 1.71. The topological polar surface area (TPSA) is 50.4 Å². The molecule has 106 valence electrons. The molecule has 0 aliphatic carbocycles. The van der Waals surface area contributed by atoms with Crippen molar-refractivity contribution in [2.45, 2.75) is 33.1 Å². The third-order valence-corrected chi connectivity index (χ3v) is 2.69. The molecular formula is C15H24N2O2. The van der Waals surface area contributed by atoms with Gasteiger partial charge in [0.1, 0.15) is 5.75 Å². The Bertz CT molecular complexity index is 363. The number of carbonyl (C=O) groups is 1. The van der Waals surface area contributed by atoms with E-state index in [9.17, 15) is 4.79 Å². The normalized spacial score (nSPS) is 10.2. The SMILES string of the molecule is CCCCCNCC(=O)Nc1ccc(OCC)cc1. The van der Waals surface area contributed by atoms with Crippen LogP contribution in [0.3, 0.4) is 0 Å². The minimum Gasteiger partial charge on any atom is -0.494 e. The molecular weight excluding hydrogens is 240 g/mol. The zero-order chi connectivity index (χ0) is 13.9.